The topological polar surface area (TPSA) is 36.7 Å². The number of hydrogen-bond acceptors (Lipinski definition) is 3. The third-order valence-electron chi connectivity index (χ3n) is 5.08. The number of rotatable bonds is 4. The van der Waals surface area contributed by atoms with E-state index in [1.165, 1.54) is 5.56 Å². The zero-order valence-corrected chi connectivity index (χ0v) is 15.6. The summed E-state index contributed by atoms with van der Waals surface area (Å²) in [5.41, 5.74) is 3.08. The first-order valence-electron chi connectivity index (χ1n) is 9.43. The summed E-state index contributed by atoms with van der Waals surface area (Å²) in [7, 11) is 0. The van der Waals surface area contributed by atoms with Gasteiger partial charge in [-0.25, -0.2) is 0 Å². The molecule has 0 aliphatic carbocycles. The van der Waals surface area contributed by atoms with E-state index in [9.17, 15) is 4.79 Å². The Morgan fingerprint density at radius 2 is 1.81 bits per heavy atom. The molecule has 0 saturated carbocycles. The molecule has 4 rings (SSSR count). The van der Waals surface area contributed by atoms with Crippen molar-refractivity contribution in [1.29, 1.82) is 0 Å². The quantitative estimate of drug-likeness (QED) is 0.699. The largest absolute Gasteiger partial charge is 0.451 e. The summed E-state index contributed by atoms with van der Waals surface area (Å²) in [5.74, 6) is 0.432. The fraction of sp³-hybridized carbons (Fsp3) is 0.261. The maximum atomic E-state index is 12.8. The van der Waals surface area contributed by atoms with Crippen LogP contribution in [0.3, 0.4) is 0 Å². The fourth-order valence-corrected chi connectivity index (χ4v) is 3.51. The number of aryl methyl sites for hydroxylation is 1. The number of para-hydroxylation sites is 1. The van der Waals surface area contributed by atoms with E-state index < -0.39 is 0 Å². The summed E-state index contributed by atoms with van der Waals surface area (Å²) in [4.78, 5) is 17.0. The third-order valence-corrected chi connectivity index (χ3v) is 5.08. The van der Waals surface area contributed by atoms with Crippen LogP contribution < -0.4 is 0 Å². The van der Waals surface area contributed by atoms with E-state index >= 15 is 0 Å². The molecule has 1 aromatic heterocycles. The van der Waals surface area contributed by atoms with Crippen LogP contribution in [0.2, 0.25) is 0 Å². The Morgan fingerprint density at radius 3 is 2.56 bits per heavy atom. The van der Waals surface area contributed by atoms with Crippen molar-refractivity contribution in [2.24, 2.45) is 0 Å². The van der Waals surface area contributed by atoms with E-state index in [0.29, 0.717) is 5.76 Å². The molecule has 1 aliphatic heterocycles. The Labute approximate surface area is 159 Å². The van der Waals surface area contributed by atoms with Crippen LogP contribution in [0.25, 0.3) is 17.0 Å². The van der Waals surface area contributed by atoms with E-state index in [2.05, 4.69) is 29.2 Å². The lowest BCUT2D eigenvalue weighted by atomic mass is 10.2. The molecule has 1 saturated heterocycles. The zero-order valence-electron chi connectivity index (χ0n) is 15.6. The van der Waals surface area contributed by atoms with E-state index in [0.717, 1.165) is 49.3 Å². The van der Waals surface area contributed by atoms with Gasteiger partial charge in [-0.3, -0.25) is 9.69 Å². The Balaban J connectivity index is 1.33. The molecule has 0 bridgehead atoms. The maximum Gasteiger partial charge on any atom is 0.289 e. The second-order valence-corrected chi connectivity index (χ2v) is 7.01. The predicted molar refractivity (Wildman–Crippen MR) is 109 cm³/mol. The van der Waals surface area contributed by atoms with Gasteiger partial charge in [0.2, 0.25) is 0 Å². The van der Waals surface area contributed by atoms with Gasteiger partial charge in [0, 0.05) is 38.1 Å². The molecule has 0 spiro atoms. The van der Waals surface area contributed by atoms with Crippen LogP contribution in [0.5, 0.6) is 0 Å². The highest BCUT2D eigenvalue weighted by Gasteiger charge is 2.24. The van der Waals surface area contributed by atoms with E-state index in [1.807, 2.05) is 54.3 Å². The summed E-state index contributed by atoms with van der Waals surface area (Å²) in [6, 6.07) is 18.2. The van der Waals surface area contributed by atoms with Crippen molar-refractivity contribution in [2.45, 2.75) is 6.92 Å². The molecule has 4 heteroatoms. The molecule has 2 aromatic carbocycles. The van der Waals surface area contributed by atoms with Crippen molar-refractivity contribution in [3.8, 4) is 0 Å². The van der Waals surface area contributed by atoms with Crippen LogP contribution in [0, 0.1) is 6.92 Å². The smallest absolute Gasteiger partial charge is 0.289 e. The highest BCUT2D eigenvalue weighted by Crippen LogP contribution is 2.23. The number of carbonyl (C=O) groups excluding carboxylic acids is 1. The first-order chi connectivity index (χ1) is 13.2. The summed E-state index contributed by atoms with van der Waals surface area (Å²) < 4.78 is 5.84. The van der Waals surface area contributed by atoms with Crippen LogP contribution in [-0.2, 0) is 0 Å². The molecule has 0 N–H and O–H groups in total. The highest BCUT2D eigenvalue weighted by atomic mass is 16.3. The number of nitrogens with zero attached hydrogens (tertiary/aromatic N) is 2. The molecular formula is C23H24N2O2. The van der Waals surface area contributed by atoms with Crippen molar-refractivity contribution in [1.82, 2.24) is 9.80 Å². The standard InChI is InChI=1S/C23H24N2O2/c1-18-7-5-11-20-17-21(27-22(18)20)23(26)25-15-13-24(14-16-25)12-6-10-19-8-3-2-4-9-19/h2-11,17H,12-16H2,1H3/b10-6+. The normalized spacial score (nSPS) is 15.7. The lowest BCUT2D eigenvalue weighted by Gasteiger charge is -2.33. The van der Waals surface area contributed by atoms with Crippen molar-refractivity contribution in [3.63, 3.8) is 0 Å². The minimum atomic E-state index is -0.00919. The van der Waals surface area contributed by atoms with Gasteiger partial charge in [-0.15, -0.1) is 0 Å². The van der Waals surface area contributed by atoms with Gasteiger partial charge in [-0.2, -0.15) is 0 Å². The Bertz CT molecular complexity index is 951. The van der Waals surface area contributed by atoms with Crippen LogP contribution >= 0.6 is 0 Å². The fourth-order valence-electron chi connectivity index (χ4n) is 3.51. The second kappa shape index (κ2) is 7.80. The molecule has 2 heterocycles. The Morgan fingerprint density at radius 1 is 1.04 bits per heavy atom. The summed E-state index contributed by atoms with van der Waals surface area (Å²) in [5, 5.41) is 0.989. The van der Waals surface area contributed by atoms with Crippen LogP contribution in [0.4, 0.5) is 0 Å². The van der Waals surface area contributed by atoms with Gasteiger partial charge in [0.1, 0.15) is 5.58 Å². The SMILES string of the molecule is Cc1cccc2cc(C(=O)N3CCN(C/C=C/c4ccccc4)CC3)oc12. The number of hydrogen-bond donors (Lipinski definition) is 0. The molecule has 1 aliphatic rings. The number of fused-ring (bicyclic) bond motifs is 1. The van der Waals surface area contributed by atoms with Gasteiger partial charge in [-0.05, 0) is 24.1 Å². The van der Waals surface area contributed by atoms with Gasteiger partial charge in [0.15, 0.2) is 5.76 Å². The number of piperazine rings is 1. The van der Waals surface area contributed by atoms with Crippen molar-refractivity contribution in [3.05, 3.63) is 77.6 Å². The summed E-state index contributed by atoms with van der Waals surface area (Å²) >= 11 is 0. The monoisotopic (exact) mass is 360 g/mol. The molecule has 0 atom stereocenters. The zero-order chi connectivity index (χ0) is 18.6. The number of benzene rings is 2. The average molecular weight is 360 g/mol. The van der Waals surface area contributed by atoms with E-state index in [4.69, 9.17) is 4.42 Å². The Hall–Kier alpha value is -2.85. The van der Waals surface area contributed by atoms with E-state index in [1.54, 1.807) is 0 Å². The lowest BCUT2D eigenvalue weighted by molar-refractivity contribution is 0.0621. The molecule has 0 unspecified atom stereocenters. The first kappa shape index (κ1) is 17.6. The van der Waals surface area contributed by atoms with Crippen LogP contribution in [0.1, 0.15) is 21.7 Å². The molecule has 1 amide bonds. The lowest BCUT2D eigenvalue weighted by Crippen LogP contribution is -2.48. The summed E-state index contributed by atoms with van der Waals surface area (Å²) in [6.07, 6.45) is 4.34. The molecular weight excluding hydrogens is 336 g/mol. The second-order valence-electron chi connectivity index (χ2n) is 7.01. The van der Waals surface area contributed by atoms with E-state index in [-0.39, 0.29) is 5.91 Å². The van der Waals surface area contributed by atoms with Crippen LogP contribution in [0.15, 0.2) is 65.1 Å². The minimum absolute atomic E-state index is 0.00919. The van der Waals surface area contributed by atoms with Crippen LogP contribution in [-0.4, -0.2) is 48.4 Å². The average Bonchev–Trinajstić information content (AvgIpc) is 3.15. The molecule has 4 nitrogen and oxygen atoms in total. The molecule has 138 valence electrons. The minimum Gasteiger partial charge on any atom is -0.451 e. The molecule has 27 heavy (non-hydrogen) atoms. The third kappa shape index (κ3) is 3.96. The predicted octanol–water partition coefficient (Wildman–Crippen LogP) is 4.21. The molecule has 0 radical (unpaired) electrons. The van der Waals surface area contributed by atoms with Crippen molar-refractivity contribution >= 4 is 23.0 Å². The Kier molecular flexibility index (Phi) is 5.07. The molecule has 3 aromatic rings. The highest BCUT2D eigenvalue weighted by molar-refractivity contribution is 5.96. The van der Waals surface area contributed by atoms with Crippen molar-refractivity contribution < 1.29 is 9.21 Å². The van der Waals surface area contributed by atoms with Gasteiger partial charge in [-0.1, -0.05) is 60.7 Å². The van der Waals surface area contributed by atoms with Gasteiger partial charge < -0.3 is 9.32 Å². The van der Waals surface area contributed by atoms with Gasteiger partial charge in [0.05, 0.1) is 0 Å². The first-order valence-corrected chi connectivity index (χ1v) is 9.43. The molecule has 1 fully saturated rings. The number of furan rings is 1. The van der Waals surface area contributed by atoms with Gasteiger partial charge >= 0.3 is 0 Å². The summed E-state index contributed by atoms with van der Waals surface area (Å²) in [6.45, 7) is 6.12. The number of amides is 1. The number of carbonyl (C=O) groups is 1. The van der Waals surface area contributed by atoms with Crippen molar-refractivity contribution in [2.75, 3.05) is 32.7 Å². The van der Waals surface area contributed by atoms with Gasteiger partial charge in [0.25, 0.3) is 5.91 Å². The maximum absolute atomic E-state index is 12.8.